The van der Waals surface area contributed by atoms with Crippen LogP contribution in [0.1, 0.15) is 26.7 Å². The van der Waals surface area contributed by atoms with Crippen molar-refractivity contribution in [1.82, 2.24) is 5.32 Å². The lowest BCUT2D eigenvalue weighted by atomic mass is 10.2. The summed E-state index contributed by atoms with van der Waals surface area (Å²) in [7, 11) is -3.60. The maximum atomic E-state index is 13.2. The molecule has 0 bridgehead atoms. The van der Waals surface area contributed by atoms with Gasteiger partial charge in [-0.25, -0.2) is 4.31 Å². The van der Waals surface area contributed by atoms with Gasteiger partial charge in [0.05, 0.1) is 17.1 Å². The van der Waals surface area contributed by atoms with Gasteiger partial charge < -0.3 is 5.32 Å². The lowest BCUT2D eigenvalue weighted by Crippen LogP contribution is -2.36. The van der Waals surface area contributed by atoms with Crippen molar-refractivity contribution >= 4 is 27.3 Å². The molecule has 3 rings (SSSR count). The maximum absolute atomic E-state index is 13.2. The number of nitrogens with one attached hydrogen (secondary N) is 1. The van der Waals surface area contributed by atoms with Crippen molar-refractivity contribution in [2.45, 2.75) is 32.7 Å². The van der Waals surface area contributed by atoms with Crippen LogP contribution in [0, 0.1) is 0 Å². The Morgan fingerprint density at radius 2 is 1.56 bits per heavy atom. The van der Waals surface area contributed by atoms with E-state index in [1.807, 2.05) is 54.6 Å². The molecule has 0 unspecified atom stereocenters. The van der Waals surface area contributed by atoms with Gasteiger partial charge in [-0.3, -0.25) is 4.31 Å². The molecule has 0 fully saturated rings. The molecule has 0 radical (unpaired) electrons. The number of hydrogen-bond donors (Lipinski definition) is 1. The third kappa shape index (κ3) is 3.65. The monoisotopic (exact) mass is 359 g/mol. The van der Waals surface area contributed by atoms with E-state index in [1.165, 1.54) is 8.61 Å². The molecule has 0 spiro atoms. The Morgan fingerprint density at radius 1 is 0.920 bits per heavy atom. The number of anilines is 3. The summed E-state index contributed by atoms with van der Waals surface area (Å²) in [5.74, 6) is 0. The smallest absolute Gasteiger partial charge is 0.315 e. The van der Waals surface area contributed by atoms with E-state index < -0.39 is 10.2 Å². The molecule has 0 atom stereocenters. The molecule has 1 heterocycles. The van der Waals surface area contributed by atoms with Gasteiger partial charge in [0, 0.05) is 12.6 Å². The molecule has 0 amide bonds. The Balaban J connectivity index is 1.82. The molecule has 5 nitrogen and oxygen atoms in total. The lowest BCUT2D eigenvalue weighted by molar-refractivity contribution is 0.556. The number of rotatable bonds is 7. The summed E-state index contributed by atoms with van der Waals surface area (Å²) in [4.78, 5) is 0. The number of unbranched alkanes of at least 4 members (excludes halogenated alkanes) is 1. The predicted molar refractivity (Wildman–Crippen MR) is 104 cm³/mol. The zero-order valence-electron chi connectivity index (χ0n) is 14.7. The molecular formula is C19H25N3O2S. The highest BCUT2D eigenvalue weighted by molar-refractivity contribution is 7.95. The van der Waals surface area contributed by atoms with E-state index in [0.717, 1.165) is 25.1 Å². The van der Waals surface area contributed by atoms with Gasteiger partial charge in [-0.05, 0) is 43.7 Å². The van der Waals surface area contributed by atoms with Crippen molar-refractivity contribution in [3.8, 4) is 0 Å². The van der Waals surface area contributed by atoms with Crippen LogP contribution < -0.4 is 13.9 Å². The van der Waals surface area contributed by atoms with E-state index >= 15 is 0 Å². The summed E-state index contributed by atoms with van der Waals surface area (Å²) >= 11 is 0. The Hall–Kier alpha value is -2.05. The van der Waals surface area contributed by atoms with Crippen LogP contribution in [0.3, 0.4) is 0 Å². The standard InChI is InChI=1S/C19H25N3O2S/c1-16(2)20-14-8-9-15-21-18-12-6-7-13-19(18)22(25(21,23)24)17-10-4-3-5-11-17/h3-7,10-13,16,20H,8-9,14-15H2,1-2H3. The van der Waals surface area contributed by atoms with E-state index in [-0.39, 0.29) is 0 Å². The molecule has 6 heteroatoms. The minimum Gasteiger partial charge on any atom is -0.315 e. The van der Waals surface area contributed by atoms with Gasteiger partial charge >= 0.3 is 10.2 Å². The van der Waals surface area contributed by atoms with Crippen LogP contribution in [0.2, 0.25) is 0 Å². The first-order valence-electron chi connectivity index (χ1n) is 8.72. The van der Waals surface area contributed by atoms with Crippen LogP contribution >= 0.6 is 0 Å². The first kappa shape index (κ1) is 17.8. The topological polar surface area (TPSA) is 52.6 Å². The summed E-state index contributed by atoms with van der Waals surface area (Å²) in [6.45, 7) is 5.61. The summed E-state index contributed by atoms with van der Waals surface area (Å²) < 4.78 is 29.3. The van der Waals surface area contributed by atoms with E-state index in [1.54, 1.807) is 0 Å². The van der Waals surface area contributed by atoms with Gasteiger partial charge in [0.2, 0.25) is 0 Å². The molecule has 1 N–H and O–H groups in total. The van der Waals surface area contributed by atoms with Crippen LogP contribution in [0.4, 0.5) is 17.1 Å². The van der Waals surface area contributed by atoms with Crippen LogP contribution in [-0.4, -0.2) is 27.5 Å². The molecule has 0 aromatic heterocycles. The fraction of sp³-hybridized carbons (Fsp3) is 0.368. The van der Waals surface area contributed by atoms with Crippen LogP contribution in [-0.2, 0) is 10.2 Å². The van der Waals surface area contributed by atoms with Gasteiger partial charge in [0.15, 0.2) is 0 Å². The van der Waals surface area contributed by atoms with Crippen molar-refractivity contribution in [3.05, 3.63) is 54.6 Å². The number of para-hydroxylation sites is 3. The van der Waals surface area contributed by atoms with E-state index in [2.05, 4.69) is 19.2 Å². The van der Waals surface area contributed by atoms with Crippen molar-refractivity contribution in [3.63, 3.8) is 0 Å². The quantitative estimate of drug-likeness (QED) is 0.768. The molecule has 2 aromatic rings. The SMILES string of the molecule is CC(C)NCCCCN1c2ccccc2N(c2ccccc2)S1(=O)=O. The fourth-order valence-electron chi connectivity index (χ4n) is 3.04. The molecule has 134 valence electrons. The first-order valence-corrected chi connectivity index (χ1v) is 10.1. The second-order valence-electron chi connectivity index (χ2n) is 6.48. The van der Waals surface area contributed by atoms with Gasteiger partial charge in [-0.1, -0.05) is 44.2 Å². The Morgan fingerprint density at radius 3 is 2.24 bits per heavy atom. The molecule has 0 aliphatic carbocycles. The Bertz CT molecular complexity index is 806. The van der Waals surface area contributed by atoms with E-state index in [9.17, 15) is 8.42 Å². The molecule has 0 saturated carbocycles. The van der Waals surface area contributed by atoms with Crippen LogP contribution in [0.15, 0.2) is 54.6 Å². The van der Waals surface area contributed by atoms with Crippen LogP contribution in [0.25, 0.3) is 0 Å². The average Bonchev–Trinajstić information content (AvgIpc) is 2.81. The fourth-order valence-corrected chi connectivity index (χ4v) is 4.79. The molecule has 25 heavy (non-hydrogen) atoms. The molecule has 1 aliphatic rings. The lowest BCUT2D eigenvalue weighted by Gasteiger charge is -2.22. The van der Waals surface area contributed by atoms with E-state index in [4.69, 9.17) is 0 Å². The summed E-state index contributed by atoms with van der Waals surface area (Å²) in [5.41, 5.74) is 2.14. The second kappa shape index (κ2) is 7.45. The Labute approximate surface area is 150 Å². The van der Waals surface area contributed by atoms with Gasteiger partial charge in [0.1, 0.15) is 0 Å². The molecule has 2 aromatic carbocycles. The van der Waals surface area contributed by atoms with Gasteiger partial charge in [-0.15, -0.1) is 0 Å². The van der Waals surface area contributed by atoms with Crippen molar-refractivity contribution in [2.75, 3.05) is 21.7 Å². The van der Waals surface area contributed by atoms with Crippen molar-refractivity contribution in [1.29, 1.82) is 0 Å². The minimum absolute atomic E-state index is 0.449. The highest BCUT2D eigenvalue weighted by Gasteiger charge is 2.40. The summed E-state index contributed by atoms with van der Waals surface area (Å²) in [6, 6.07) is 17.2. The maximum Gasteiger partial charge on any atom is 0.330 e. The highest BCUT2D eigenvalue weighted by atomic mass is 32.2. The van der Waals surface area contributed by atoms with E-state index in [0.29, 0.717) is 24.0 Å². The zero-order valence-corrected chi connectivity index (χ0v) is 15.5. The molecule has 0 saturated heterocycles. The normalized spacial score (nSPS) is 15.6. The highest BCUT2D eigenvalue weighted by Crippen LogP contribution is 2.44. The molecule has 1 aliphatic heterocycles. The second-order valence-corrected chi connectivity index (χ2v) is 8.19. The number of benzene rings is 2. The van der Waals surface area contributed by atoms with Gasteiger partial charge in [0.25, 0.3) is 0 Å². The van der Waals surface area contributed by atoms with Crippen molar-refractivity contribution in [2.24, 2.45) is 0 Å². The molecular weight excluding hydrogens is 334 g/mol. The summed E-state index contributed by atoms with van der Waals surface area (Å²) in [5, 5.41) is 3.37. The first-order chi connectivity index (χ1) is 12.0. The van der Waals surface area contributed by atoms with Crippen molar-refractivity contribution < 1.29 is 8.42 Å². The predicted octanol–water partition coefficient (Wildman–Crippen LogP) is 3.67. The minimum atomic E-state index is -3.60. The van der Waals surface area contributed by atoms with Gasteiger partial charge in [-0.2, -0.15) is 8.42 Å². The number of fused-ring (bicyclic) bond motifs is 1. The third-order valence-electron chi connectivity index (χ3n) is 4.21. The zero-order chi connectivity index (χ0) is 17.9. The third-order valence-corrected chi connectivity index (χ3v) is 6.01. The number of nitrogens with zero attached hydrogens (tertiary/aromatic N) is 2. The largest absolute Gasteiger partial charge is 0.330 e. The number of hydrogen-bond acceptors (Lipinski definition) is 3. The average molecular weight is 359 g/mol. The van der Waals surface area contributed by atoms with Crippen LogP contribution in [0.5, 0.6) is 0 Å². The summed E-state index contributed by atoms with van der Waals surface area (Å²) in [6.07, 6.45) is 1.76. The Kier molecular flexibility index (Phi) is 5.30.